The van der Waals surface area contributed by atoms with Gasteiger partial charge in [-0.3, -0.25) is 0 Å². The van der Waals surface area contributed by atoms with Gasteiger partial charge in [-0.2, -0.15) is 0 Å². The third-order valence-corrected chi connectivity index (χ3v) is 3.37. The van der Waals surface area contributed by atoms with Crippen LogP contribution >= 0.6 is 0 Å². The summed E-state index contributed by atoms with van der Waals surface area (Å²) in [7, 11) is 0. The number of hydrogen-bond acceptors (Lipinski definition) is 3. The van der Waals surface area contributed by atoms with E-state index in [1.807, 2.05) is 35.2 Å². The molecule has 19 heavy (non-hydrogen) atoms. The van der Waals surface area contributed by atoms with E-state index in [0.29, 0.717) is 11.9 Å². The van der Waals surface area contributed by atoms with Gasteiger partial charge >= 0.3 is 0 Å². The van der Waals surface area contributed by atoms with Gasteiger partial charge in [0, 0.05) is 31.0 Å². The van der Waals surface area contributed by atoms with Crippen molar-refractivity contribution in [3.05, 3.63) is 54.5 Å². The molecule has 3 nitrogen and oxygen atoms in total. The lowest BCUT2D eigenvalue weighted by Gasteiger charge is -2.18. The van der Waals surface area contributed by atoms with Crippen LogP contribution in [0.15, 0.2) is 48.7 Å². The van der Waals surface area contributed by atoms with Gasteiger partial charge in [-0.05, 0) is 30.7 Å². The molecule has 1 aliphatic heterocycles. The van der Waals surface area contributed by atoms with Crippen molar-refractivity contribution in [2.45, 2.75) is 12.5 Å². The van der Waals surface area contributed by atoms with Crippen molar-refractivity contribution < 1.29 is 4.39 Å². The summed E-state index contributed by atoms with van der Waals surface area (Å²) in [5.74, 6) is 0.211. The molecule has 0 bridgehead atoms. The fraction of sp³-hybridized carbons (Fsp3) is 0.267. The van der Waals surface area contributed by atoms with Gasteiger partial charge in [0.25, 0.3) is 0 Å². The van der Waals surface area contributed by atoms with Crippen molar-refractivity contribution in [2.75, 3.05) is 23.3 Å². The van der Waals surface area contributed by atoms with Gasteiger partial charge in [-0.25, -0.2) is 9.37 Å². The molecule has 1 aromatic carbocycles. The Labute approximate surface area is 112 Å². The highest BCUT2D eigenvalue weighted by molar-refractivity contribution is 5.47. The molecular weight excluding hydrogens is 241 g/mol. The summed E-state index contributed by atoms with van der Waals surface area (Å²) in [6.07, 6.45) is 2.63. The van der Waals surface area contributed by atoms with E-state index in [4.69, 9.17) is 0 Å². The molecule has 0 amide bonds. The quantitative estimate of drug-likeness (QED) is 0.916. The Morgan fingerprint density at radius 3 is 2.79 bits per heavy atom. The lowest BCUT2D eigenvalue weighted by Crippen LogP contribution is -2.27. The Morgan fingerprint density at radius 2 is 2.00 bits per heavy atom. The van der Waals surface area contributed by atoms with Gasteiger partial charge in [0.2, 0.25) is 0 Å². The standard InChI is InChI=1S/C15H16FN3/c16-14-7-4-9-17-15(14)19-10-8-13(11-19)18-12-5-2-1-3-6-12/h1-7,9,13,18H,8,10-11H2. The third-order valence-electron chi connectivity index (χ3n) is 3.37. The Morgan fingerprint density at radius 1 is 1.16 bits per heavy atom. The van der Waals surface area contributed by atoms with Crippen LogP contribution in [0.5, 0.6) is 0 Å². The summed E-state index contributed by atoms with van der Waals surface area (Å²) in [5.41, 5.74) is 1.11. The van der Waals surface area contributed by atoms with E-state index >= 15 is 0 Å². The second kappa shape index (κ2) is 5.26. The summed E-state index contributed by atoms with van der Waals surface area (Å²) in [5, 5.41) is 3.47. The first-order chi connectivity index (χ1) is 9.33. The van der Waals surface area contributed by atoms with Crippen LogP contribution in [0, 0.1) is 5.82 Å². The van der Waals surface area contributed by atoms with Crippen LogP contribution in [-0.2, 0) is 0 Å². The minimum Gasteiger partial charge on any atom is -0.380 e. The molecule has 0 radical (unpaired) electrons. The predicted molar refractivity (Wildman–Crippen MR) is 74.9 cm³/mol. The molecule has 1 aliphatic rings. The number of rotatable bonds is 3. The molecule has 3 rings (SSSR count). The summed E-state index contributed by atoms with van der Waals surface area (Å²) in [6, 6.07) is 13.5. The Hall–Kier alpha value is -2.10. The lowest BCUT2D eigenvalue weighted by molar-refractivity contribution is 0.615. The Balaban J connectivity index is 1.66. The molecule has 1 N–H and O–H groups in total. The largest absolute Gasteiger partial charge is 0.380 e. The summed E-state index contributed by atoms with van der Waals surface area (Å²) in [4.78, 5) is 6.12. The highest BCUT2D eigenvalue weighted by atomic mass is 19.1. The number of nitrogens with one attached hydrogen (secondary N) is 1. The smallest absolute Gasteiger partial charge is 0.165 e. The van der Waals surface area contributed by atoms with Gasteiger partial charge in [0.1, 0.15) is 0 Å². The minimum atomic E-state index is -0.247. The maximum Gasteiger partial charge on any atom is 0.165 e. The number of aromatic nitrogens is 1. The number of halogens is 1. The predicted octanol–water partition coefficient (Wildman–Crippen LogP) is 2.91. The molecule has 1 aromatic heterocycles. The molecule has 98 valence electrons. The minimum absolute atomic E-state index is 0.247. The average Bonchev–Trinajstić information content (AvgIpc) is 2.89. The number of hydrogen-bond donors (Lipinski definition) is 1. The van der Waals surface area contributed by atoms with Crippen LogP contribution in [0.1, 0.15) is 6.42 Å². The number of benzene rings is 1. The number of pyridine rings is 1. The maximum absolute atomic E-state index is 13.7. The number of anilines is 2. The second-order valence-electron chi connectivity index (χ2n) is 4.75. The van der Waals surface area contributed by atoms with Crippen molar-refractivity contribution in [3.8, 4) is 0 Å². The summed E-state index contributed by atoms with van der Waals surface area (Å²) in [6.45, 7) is 1.61. The third kappa shape index (κ3) is 2.67. The normalized spacial score (nSPS) is 18.6. The van der Waals surface area contributed by atoms with Crippen LogP contribution in [0.25, 0.3) is 0 Å². The van der Waals surface area contributed by atoms with E-state index in [2.05, 4.69) is 10.3 Å². The van der Waals surface area contributed by atoms with Gasteiger partial charge < -0.3 is 10.2 Å². The van der Waals surface area contributed by atoms with E-state index < -0.39 is 0 Å². The molecular formula is C15H16FN3. The summed E-state index contributed by atoms with van der Waals surface area (Å²) >= 11 is 0. The molecule has 1 atom stereocenters. The van der Waals surface area contributed by atoms with E-state index in [0.717, 1.165) is 25.2 Å². The topological polar surface area (TPSA) is 28.2 Å². The first kappa shape index (κ1) is 12.0. The SMILES string of the molecule is Fc1cccnc1N1CCC(Nc2ccccc2)C1. The van der Waals surface area contributed by atoms with Crippen molar-refractivity contribution in [1.29, 1.82) is 0 Å². The second-order valence-corrected chi connectivity index (χ2v) is 4.75. The molecule has 0 spiro atoms. The van der Waals surface area contributed by atoms with E-state index in [-0.39, 0.29) is 5.82 Å². The molecule has 1 fully saturated rings. The zero-order valence-electron chi connectivity index (χ0n) is 10.6. The van der Waals surface area contributed by atoms with E-state index in [9.17, 15) is 4.39 Å². The monoisotopic (exact) mass is 257 g/mol. The van der Waals surface area contributed by atoms with Crippen LogP contribution in [0.4, 0.5) is 15.9 Å². The van der Waals surface area contributed by atoms with Crippen molar-refractivity contribution in [1.82, 2.24) is 4.98 Å². The molecule has 2 aromatic rings. The van der Waals surface area contributed by atoms with Gasteiger partial charge in [-0.1, -0.05) is 18.2 Å². The highest BCUT2D eigenvalue weighted by Crippen LogP contribution is 2.22. The zero-order valence-corrected chi connectivity index (χ0v) is 10.6. The van der Waals surface area contributed by atoms with Crippen LogP contribution in [-0.4, -0.2) is 24.1 Å². The molecule has 0 saturated carbocycles. The van der Waals surface area contributed by atoms with Crippen LogP contribution in [0.2, 0.25) is 0 Å². The lowest BCUT2D eigenvalue weighted by atomic mass is 10.2. The molecule has 0 aliphatic carbocycles. The summed E-state index contributed by atoms with van der Waals surface area (Å²) < 4.78 is 13.7. The number of nitrogens with zero attached hydrogens (tertiary/aromatic N) is 2. The van der Waals surface area contributed by atoms with Gasteiger partial charge in [0.05, 0.1) is 0 Å². The number of para-hydroxylation sites is 1. The average molecular weight is 257 g/mol. The molecule has 2 heterocycles. The van der Waals surface area contributed by atoms with Crippen LogP contribution in [0.3, 0.4) is 0 Å². The van der Waals surface area contributed by atoms with Crippen molar-refractivity contribution in [2.24, 2.45) is 0 Å². The Kier molecular flexibility index (Phi) is 3.31. The van der Waals surface area contributed by atoms with Gasteiger partial charge in [0.15, 0.2) is 11.6 Å². The fourth-order valence-corrected chi connectivity index (χ4v) is 2.45. The first-order valence-electron chi connectivity index (χ1n) is 6.50. The molecule has 4 heteroatoms. The van der Waals surface area contributed by atoms with E-state index in [1.165, 1.54) is 6.07 Å². The highest BCUT2D eigenvalue weighted by Gasteiger charge is 2.24. The molecule has 1 saturated heterocycles. The first-order valence-corrected chi connectivity index (χ1v) is 6.50. The van der Waals surface area contributed by atoms with Crippen molar-refractivity contribution in [3.63, 3.8) is 0 Å². The zero-order chi connectivity index (χ0) is 13.1. The maximum atomic E-state index is 13.7. The van der Waals surface area contributed by atoms with Gasteiger partial charge in [-0.15, -0.1) is 0 Å². The molecule has 1 unspecified atom stereocenters. The van der Waals surface area contributed by atoms with Crippen LogP contribution < -0.4 is 10.2 Å². The fourth-order valence-electron chi connectivity index (χ4n) is 2.45. The van der Waals surface area contributed by atoms with Crippen molar-refractivity contribution >= 4 is 11.5 Å². The van der Waals surface area contributed by atoms with E-state index in [1.54, 1.807) is 12.3 Å². The Bertz CT molecular complexity index is 544.